The largest absolute Gasteiger partial charge is 0.403 e. The van der Waals surface area contributed by atoms with Crippen LogP contribution in [0.2, 0.25) is 5.15 Å². The number of rotatable bonds is 4. The number of fused-ring (bicyclic) bond motifs is 1. The van der Waals surface area contributed by atoms with Crippen molar-refractivity contribution in [2.45, 2.75) is 25.7 Å². The number of hydrogen-bond acceptors (Lipinski definition) is 6. The Morgan fingerprint density at radius 3 is 2.64 bits per heavy atom. The van der Waals surface area contributed by atoms with Gasteiger partial charge >= 0.3 is 6.01 Å². The Bertz CT molecular complexity index is 1040. The van der Waals surface area contributed by atoms with Crippen LogP contribution in [0.25, 0.3) is 22.2 Å². The van der Waals surface area contributed by atoms with Crippen molar-refractivity contribution in [3.8, 4) is 11.5 Å². The lowest BCUT2D eigenvalue weighted by Gasteiger charge is -2.32. The zero-order valence-electron chi connectivity index (χ0n) is 15.3. The summed E-state index contributed by atoms with van der Waals surface area (Å²) in [7, 11) is 0. The van der Waals surface area contributed by atoms with Crippen LogP contribution in [0, 0.1) is 5.41 Å². The van der Waals surface area contributed by atoms with E-state index in [1.807, 2.05) is 29.2 Å². The minimum atomic E-state index is 0.0638. The van der Waals surface area contributed by atoms with Crippen molar-refractivity contribution in [3.63, 3.8) is 0 Å². The molecule has 3 heterocycles. The minimum Gasteiger partial charge on any atom is -0.403 e. The highest BCUT2D eigenvalue weighted by Crippen LogP contribution is 2.53. The number of nitrogens with one attached hydrogen (secondary N) is 1. The lowest BCUT2D eigenvalue weighted by atomic mass is 9.94. The first-order valence-corrected chi connectivity index (χ1v) is 9.90. The summed E-state index contributed by atoms with van der Waals surface area (Å²) in [5.41, 5.74) is 1.26. The fourth-order valence-corrected chi connectivity index (χ4v) is 4.12. The highest BCUT2D eigenvalue weighted by Gasteiger charge is 2.44. The van der Waals surface area contributed by atoms with Crippen LogP contribution in [0.4, 0.5) is 6.01 Å². The Balaban J connectivity index is 1.27. The van der Waals surface area contributed by atoms with E-state index in [9.17, 15) is 4.79 Å². The zero-order valence-corrected chi connectivity index (χ0v) is 16.1. The number of benzene rings is 1. The van der Waals surface area contributed by atoms with Gasteiger partial charge in [0.05, 0.1) is 12.1 Å². The van der Waals surface area contributed by atoms with Gasteiger partial charge in [-0.15, -0.1) is 5.10 Å². The predicted molar refractivity (Wildman–Crippen MR) is 106 cm³/mol. The summed E-state index contributed by atoms with van der Waals surface area (Å²) in [4.78, 5) is 18.6. The number of likely N-dealkylation sites (tertiary alicyclic amines) is 1. The molecule has 1 spiro atoms. The fraction of sp³-hybridized carbons (Fsp3) is 0.400. The molecule has 8 heteroatoms. The van der Waals surface area contributed by atoms with E-state index in [-0.39, 0.29) is 18.5 Å². The smallest absolute Gasteiger partial charge is 0.316 e. The van der Waals surface area contributed by atoms with Gasteiger partial charge in [0.1, 0.15) is 5.15 Å². The first-order valence-electron chi connectivity index (χ1n) is 9.52. The van der Waals surface area contributed by atoms with E-state index in [1.54, 1.807) is 6.20 Å². The minimum absolute atomic E-state index is 0.0638. The third-order valence-corrected chi connectivity index (χ3v) is 6.23. The predicted octanol–water partition coefficient (Wildman–Crippen LogP) is 3.75. The SMILES string of the molecule is O=C(CNc1nnc(-c2cnc(Cl)c3ccccc23)o1)N1CCC2(CC1)CC2. The van der Waals surface area contributed by atoms with Gasteiger partial charge in [-0.1, -0.05) is 41.0 Å². The molecule has 3 aromatic rings. The maximum Gasteiger partial charge on any atom is 0.316 e. The van der Waals surface area contributed by atoms with Crippen LogP contribution in [0.15, 0.2) is 34.9 Å². The fourth-order valence-electron chi connectivity index (χ4n) is 3.90. The van der Waals surface area contributed by atoms with E-state index >= 15 is 0 Å². The highest BCUT2D eigenvalue weighted by molar-refractivity contribution is 6.34. The molecule has 5 rings (SSSR count). The van der Waals surface area contributed by atoms with Gasteiger partial charge in [-0.3, -0.25) is 4.79 Å². The molecule has 0 unspecified atom stereocenters. The van der Waals surface area contributed by atoms with Crippen molar-refractivity contribution in [1.29, 1.82) is 0 Å². The van der Waals surface area contributed by atoms with Gasteiger partial charge in [-0.2, -0.15) is 0 Å². The highest BCUT2D eigenvalue weighted by atomic mass is 35.5. The molecule has 2 aromatic heterocycles. The number of amides is 1. The van der Waals surface area contributed by atoms with Crippen LogP contribution >= 0.6 is 11.6 Å². The summed E-state index contributed by atoms with van der Waals surface area (Å²) in [6, 6.07) is 7.87. The van der Waals surface area contributed by atoms with Gasteiger partial charge in [0.25, 0.3) is 5.89 Å². The van der Waals surface area contributed by atoms with Crippen LogP contribution in [-0.4, -0.2) is 45.6 Å². The van der Waals surface area contributed by atoms with Crippen molar-refractivity contribution < 1.29 is 9.21 Å². The summed E-state index contributed by atoms with van der Waals surface area (Å²) in [6.07, 6.45) is 6.52. The average Bonchev–Trinajstić information content (AvgIpc) is 3.31. The second-order valence-corrected chi connectivity index (χ2v) is 8.01. The van der Waals surface area contributed by atoms with E-state index in [0.29, 0.717) is 22.0 Å². The number of halogens is 1. The van der Waals surface area contributed by atoms with Crippen molar-refractivity contribution in [2.24, 2.45) is 5.41 Å². The molecular weight excluding hydrogens is 378 g/mol. The van der Waals surface area contributed by atoms with Crippen molar-refractivity contribution in [3.05, 3.63) is 35.6 Å². The molecule has 1 saturated carbocycles. The molecule has 0 atom stereocenters. The normalized spacial score (nSPS) is 17.8. The summed E-state index contributed by atoms with van der Waals surface area (Å²) in [6.45, 7) is 1.84. The first-order chi connectivity index (χ1) is 13.6. The molecule has 1 aliphatic carbocycles. The number of carbonyl (C=O) groups excluding carboxylic acids is 1. The number of carbonyl (C=O) groups is 1. The molecular formula is C20H20ClN5O2. The van der Waals surface area contributed by atoms with Gasteiger partial charge in [-0.05, 0) is 36.5 Å². The van der Waals surface area contributed by atoms with Crippen molar-refractivity contribution in [1.82, 2.24) is 20.1 Å². The molecule has 0 bridgehead atoms. The number of piperidine rings is 1. The van der Waals surface area contributed by atoms with E-state index in [2.05, 4.69) is 20.5 Å². The van der Waals surface area contributed by atoms with Gasteiger partial charge in [0.15, 0.2) is 0 Å². The van der Waals surface area contributed by atoms with E-state index < -0.39 is 0 Å². The Labute approximate surface area is 167 Å². The van der Waals surface area contributed by atoms with E-state index in [0.717, 1.165) is 36.7 Å². The number of hydrogen-bond donors (Lipinski definition) is 1. The topological polar surface area (TPSA) is 84.2 Å². The molecule has 1 aliphatic heterocycles. The lowest BCUT2D eigenvalue weighted by Crippen LogP contribution is -2.41. The average molecular weight is 398 g/mol. The van der Waals surface area contributed by atoms with Gasteiger partial charge in [0.2, 0.25) is 5.91 Å². The van der Waals surface area contributed by atoms with Gasteiger partial charge in [-0.25, -0.2) is 4.98 Å². The van der Waals surface area contributed by atoms with Crippen LogP contribution in [0.1, 0.15) is 25.7 Å². The molecule has 2 aliphatic rings. The summed E-state index contributed by atoms with van der Waals surface area (Å²) < 4.78 is 5.71. The zero-order chi connectivity index (χ0) is 19.1. The maximum absolute atomic E-state index is 12.4. The molecule has 0 radical (unpaired) electrons. The van der Waals surface area contributed by atoms with Crippen molar-refractivity contribution >= 4 is 34.3 Å². The van der Waals surface area contributed by atoms with E-state index in [1.165, 1.54) is 12.8 Å². The Morgan fingerprint density at radius 2 is 1.89 bits per heavy atom. The van der Waals surface area contributed by atoms with Crippen LogP contribution in [0.5, 0.6) is 0 Å². The Kier molecular flexibility index (Phi) is 4.19. The standard InChI is InChI=1S/C20H20ClN5O2/c21-17-14-4-2-1-3-13(14)15(11-22-17)18-24-25-19(28-18)23-12-16(27)26-9-7-20(5-6-20)8-10-26/h1-4,11H,5-10,12H2,(H,23,25). The molecule has 28 heavy (non-hydrogen) atoms. The van der Waals surface area contributed by atoms with Crippen LogP contribution < -0.4 is 5.32 Å². The number of pyridine rings is 1. The molecule has 1 saturated heterocycles. The maximum atomic E-state index is 12.4. The Morgan fingerprint density at radius 1 is 1.14 bits per heavy atom. The van der Waals surface area contributed by atoms with Crippen LogP contribution in [-0.2, 0) is 4.79 Å². The molecule has 1 amide bonds. The first kappa shape index (κ1) is 17.4. The molecule has 2 fully saturated rings. The molecule has 144 valence electrons. The van der Waals surface area contributed by atoms with Crippen LogP contribution in [0.3, 0.4) is 0 Å². The third kappa shape index (κ3) is 3.20. The third-order valence-electron chi connectivity index (χ3n) is 5.93. The molecule has 1 aromatic carbocycles. The second kappa shape index (κ2) is 6.74. The Hall–Kier alpha value is -2.67. The van der Waals surface area contributed by atoms with E-state index in [4.69, 9.17) is 16.0 Å². The lowest BCUT2D eigenvalue weighted by molar-refractivity contribution is -0.130. The number of anilines is 1. The quantitative estimate of drug-likeness (QED) is 0.675. The van der Waals surface area contributed by atoms with Crippen molar-refractivity contribution in [2.75, 3.05) is 25.0 Å². The summed E-state index contributed by atoms with van der Waals surface area (Å²) >= 11 is 6.17. The molecule has 1 N–H and O–H groups in total. The number of nitrogens with zero attached hydrogens (tertiary/aromatic N) is 4. The second-order valence-electron chi connectivity index (χ2n) is 7.65. The number of aromatic nitrogens is 3. The van der Waals surface area contributed by atoms with Gasteiger partial charge < -0.3 is 14.6 Å². The monoisotopic (exact) mass is 397 g/mol. The summed E-state index contributed by atoms with van der Waals surface area (Å²) in [5, 5.41) is 13.2. The molecule has 7 nitrogen and oxygen atoms in total. The van der Waals surface area contributed by atoms with Gasteiger partial charge in [0, 0.05) is 24.7 Å². The summed E-state index contributed by atoms with van der Waals surface area (Å²) in [5.74, 6) is 0.401.